The van der Waals surface area contributed by atoms with Crippen molar-refractivity contribution >= 4 is 19.8 Å². The highest BCUT2D eigenvalue weighted by molar-refractivity contribution is 7.47. The van der Waals surface area contributed by atoms with E-state index in [9.17, 15) is 19.0 Å². The third-order valence-corrected chi connectivity index (χ3v) is 12.0. The highest BCUT2D eigenvalue weighted by atomic mass is 31.2. The minimum atomic E-state index is -4.41. The zero-order valence-electron chi connectivity index (χ0n) is 44.7. The van der Waals surface area contributed by atoms with Crippen LogP contribution in [0.25, 0.3) is 0 Å². The van der Waals surface area contributed by atoms with Gasteiger partial charge in [0.05, 0.1) is 13.2 Å². The van der Waals surface area contributed by atoms with Crippen molar-refractivity contribution < 1.29 is 37.6 Å². The van der Waals surface area contributed by atoms with Gasteiger partial charge in [0, 0.05) is 19.4 Å². The summed E-state index contributed by atoms with van der Waals surface area (Å²) in [7, 11) is -4.41. The maximum Gasteiger partial charge on any atom is 0.472 e. The predicted octanol–water partition coefficient (Wildman–Crippen LogP) is 17.4. The number of unbranched alkanes of at least 4 members (excludes halogenated alkanes) is 15. The van der Waals surface area contributed by atoms with Gasteiger partial charge in [-0.15, -0.1) is 0 Å². The molecule has 402 valence electrons. The summed E-state index contributed by atoms with van der Waals surface area (Å²) in [5.41, 5.74) is 5.37. The molecule has 10 heteroatoms. The first kappa shape index (κ1) is 67.1. The van der Waals surface area contributed by atoms with Crippen LogP contribution in [-0.2, 0) is 32.7 Å². The summed E-state index contributed by atoms with van der Waals surface area (Å²) in [6.45, 7) is 3.53. The number of carbonyl (C=O) groups excluding carboxylic acids is 2. The monoisotopic (exact) mass is 1010 g/mol. The minimum absolute atomic E-state index is 0.0360. The van der Waals surface area contributed by atoms with Crippen LogP contribution >= 0.6 is 7.82 Å². The number of phosphoric acid groups is 1. The molecule has 0 bridgehead atoms. The number of esters is 2. The van der Waals surface area contributed by atoms with Gasteiger partial charge in [-0.1, -0.05) is 218 Å². The molecule has 0 amide bonds. The number of hydrogen-bond acceptors (Lipinski definition) is 8. The second-order valence-corrected chi connectivity index (χ2v) is 19.2. The Morgan fingerprint density at radius 3 is 1.20 bits per heavy atom. The van der Waals surface area contributed by atoms with Crippen LogP contribution in [0.15, 0.2) is 134 Å². The average Bonchev–Trinajstić information content (AvgIpc) is 3.36. The Labute approximate surface area is 434 Å². The molecule has 2 atom stereocenters. The van der Waals surface area contributed by atoms with E-state index < -0.39 is 32.5 Å². The molecule has 0 saturated heterocycles. The molecular formula is C61H100NO8P. The lowest BCUT2D eigenvalue weighted by Crippen LogP contribution is -2.29. The van der Waals surface area contributed by atoms with E-state index >= 15 is 0 Å². The first-order chi connectivity index (χ1) is 34.8. The quantitative estimate of drug-likeness (QED) is 0.0264. The number of allylic oxidation sites excluding steroid dienone is 22. The van der Waals surface area contributed by atoms with Gasteiger partial charge < -0.3 is 20.1 Å². The lowest BCUT2D eigenvalue weighted by atomic mass is 10.1. The second kappa shape index (κ2) is 55.5. The van der Waals surface area contributed by atoms with Crippen LogP contribution in [0.1, 0.15) is 206 Å². The van der Waals surface area contributed by atoms with Crippen molar-refractivity contribution in [2.75, 3.05) is 26.4 Å². The molecule has 0 spiro atoms. The molecule has 0 aromatic heterocycles. The topological polar surface area (TPSA) is 134 Å². The van der Waals surface area contributed by atoms with Crippen LogP contribution in [-0.4, -0.2) is 49.3 Å². The molecule has 0 aliphatic heterocycles. The molecular weight excluding hydrogens is 906 g/mol. The number of nitrogens with two attached hydrogens (primary N) is 1. The fourth-order valence-electron chi connectivity index (χ4n) is 6.96. The van der Waals surface area contributed by atoms with Gasteiger partial charge in [0.25, 0.3) is 0 Å². The van der Waals surface area contributed by atoms with Crippen LogP contribution in [0.4, 0.5) is 0 Å². The van der Waals surface area contributed by atoms with Crippen LogP contribution in [0.3, 0.4) is 0 Å². The SMILES string of the molecule is CC/C=C\C/C=C\C/C=C\C/C=C\C/C=C\C/C=C\C/C=C\C/C=C\C/C=C\CCCC(=O)OC(COC(=O)CCCCCCCCCCC/C=C\C/C=C\CCCCCCC)COP(=O)(O)OCCN. The Hall–Kier alpha value is -3.85. The van der Waals surface area contributed by atoms with Crippen LogP contribution < -0.4 is 5.73 Å². The lowest BCUT2D eigenvalue weighted by Gasteiger charge is -2.19. The Morgan fingerprint density at radius 1 is 0.437 bits per heavy atom. The van der Waals surface area contributed by atoms with E-state index in [2.05, 4.69) is 141 Å². The van der Waals surface area contributed by atoms with E-state index in [0.29, 0.717) is 19.3 Å². The number of ether oxygens (including phenoxy) is 2. The summed E-state index contributed by atoms with van der Waals surface area (Å²) < 4.78 is 32.9. The number of rotatable bonds is 50. The Balaban J connectivity index is 4.18. The zero-order chi connectivity index (χ0) is 51.7. The van der Waals surface area contributed by atoms with Crippen molar-refractivity contribution in [2.24, 2.45) is 5.73 Å². The summed E-state index contributed by atoms with van der Waals surface area (Å²) in [5.74, 6) is -0.912. The number of phosphoric ester groups is 1. The molecule has 0 aliphatic rings. The summed E-state index contributed by atoms with van der Waals surface area (Å²) in [4.78, 5) is 35.1. The van der Waals surface area contributed by atoms with Crippen molar-refractivity contribution in [3.05, 3.63) is 134 Å². The number of carbonyl (C=O) groups is 2. The van der Waals surface area contributed by atoms with Gasteiger partial charge >= 0.3 is 19.8 Å². The minimum Gasteiger partial charge on any atom is -0.462 e. The zero-order valence-corrected chi connectivity index (χ0v) is 45.5. The van der Waals surface area contributed by atoms with E-state index in [4.69, 9.17) is 24.3 Å². The molecule has 0 rings (SSSR count). The molecule has 0 fully saturated rings. The van der Waals surface area contributed by atoms with Crippen LogP contribution in [0.2, 0.25) is 0 Å². The highest BCUT2D eigenvalue weighted by Gasteiger charge is 2.26. The molecule has 9 nitrogen and oxygen atoms in total. The van der Waals surface area contributed by atoms with E-state index in [1.165, 1.54) is 70.6 Å². The van der Waals surface area contributed by atoms with Crippen molar-refractivity contribution in [3.8, 4) is 0 Å². The molecule has 0 aromatic rings. The average molecular weight is 1010 g/mol. The third-order valence-electron chi connectivity index (χ3n) is 11.0. The fourth-order valence-corrected chi connectivity index (χ4v) is 7.73. The molecule has 0 aromatic carbocycles. The first-order valence-electron chi connectivity index (χ1n) is 27.7. The third kappa shape index (κ3) is 55.3. The van der Waals surface area contributed by atoms with Gasteiger partial charge in [-0.25, -0.2) is 4.57 Å². The van der Waals surface area contributed by atoms with Gasteiger partial charge in [0.15, 0.2) is 6.10 Å². The normalized spacial score (nSPS) is 14.1. The predicted molar refractivity (Wildman–Crippen MR) is 302 cm³/mol. The van der Waals surface area contributed by atoms with Crippen molar-refractivity contribution in [1.29, 1.82) is 0 Å². The molecule has 71 heavy (non-hydrogen) atoms. The summed E-state index contributed by atoms with van der Waals surface area (Å²) in [6.07, 6.45) is 77.9. The standard InChI is InChI=1S/C61H100NO8P/c1-3-5-7-9-11-13-15-17-19-21-23-25-26-27-28-29-30-31-32-34-36-38-40-42-44-46-48-50-52-54-61(64)70-59(58-69-71(65,66)68-56-55-62)57-67-60(63)53-51-49-47-45-43-41-39-37-35-33-24-22-20-18-16-14-12-10-8-6-4-2/h5,7,11,13,16-19,22-25,27-28,30-31,34,36,40,42,46,48,59H,3-4,6,8-10,12,14-15,20-21,26,29,32-33,35,37-39,41,43-45,47,49-58,62H2,1-2H3,(H,65,66)/b7-5-,13-11-,18-16-,19-17-,24-22-,25-23-,28-27-,31-30-,36-34-,42-40-,48-46-. The molecule has 2 unspecified atom stereocenters. The first-order valence-corrected chi connectivity index (χ1v) is 29.2. The van der Waals surface area contributed by atoms with Gasteiger partial charge in [0.1, 0.15) is 6.61 Å². The summed E-state index contributed by atoms with van der Waals surface area (Å²) >= 11 is 0. The molecule has 3 N–H and O–H groups in total. The highest BCUT2D eigenvalue weighted by Crippen LogP contribution is 2.43. The largest absolute Gasteiger partial charge is 0.472 e. The molecule has 0 heterocycles. The lowest BCUT2D eigenvalue weighted by molar-refractivity contribution is -0.161. The van der Waals surface area contributed by atoms with Gasteiger partial charge in [-0.3, -0.25) is 18.6 Å². The van der Waals surface area contributed by atoms with E-state index in [0.717, 1.165) is 89.9 Å². The molecule has 0 aliphatic carbocycles. The smallest absolute Gasteiger partial charge is 0.462 e. The van der Waals surface area contributed by atoms with E-state index in [-0.39, 0.29) is 32.6 Å². The van der Waals surface area contributed by atoms with Crippen LogP contribution in [0.5, 0.6) is 0 Å². The summed E-state index contributed by atoms with van der Waals surface area (Å²) in [6, 6.07) is 0. The van der Waals surface area contributed by atoms with Gasteiger partial charge in [0.2, 0.25) is 0 Å². The van der Waals surface area contributed by atoms with E-state index in [1.54, 1.807) is 0 Å². The van der Waals surface area contributed by atoms with Gasteiger partial charge in [-0.2, -0.15) is 0 Å². The second-order valence-electron chi connectivity index (χ2n) is 17.7. The number of hydrogen-bond donors (Lipinski definition) is 2. The van der Waals surface area contributed by atoms with Crippen molar-refractivity contribution in [3.63, 3.8) is 0 Å². The van der Waals surface area contributed by atoms with Crippen LogP contribution in [0, 0.1) is 0 Å². The molecule has 0 radical (unpaired) electrons. The Morgan fingerprint density at radius 2 is 0.789 bits per heavy atom. The maximum atomic E-state index is 12.7. The van der Waals surface area contributed by atoms with Crippen molar-refractivity contribution in [2.45, 2.75) is 213 Å². The van der Waals surface area contributed by atoms with Gasteiger partial charge in [-0.05, 0) is 109 Å². The Kier molecular flexibility index (Phi) is 52.5. The van der Waals surface area contributed by atoms with E-state index in [1.807, 2.05) is 6.08 Å². The maximum absolute atomic E-state index is 12.7. The summed E-state index contributed by atoms with van der Waals surface area (Å²) in [5, 5.41) is 0. The molecule has 0 saturated carbocycles. The Bertz CT molecular complexity index is 1620. The fraction of sp³-hybridized carbons (Fsp3) is 0.607. The van der Waals surface area contributed by atoms with Crippen molar-refractivity contribution in [1.82, 2.24) is 0 Å².